The molecule has 0 bridgehead atoms. The Labute approximate surface area is 159 Å². The zero-order valence-electron chi connectivity index (χ0n) is 15.9. The lowest BCUT2D eigenvalue weighted by Gasteiger charge is -2.20. The first-order chi connectivity index (χ1) is 12.4. The summed E-state index contributed by atoms with van der Waals surface area (Å²) >= 11 is 6.11. The van der Waals surface area contributed by atoms with E-state index >= 15 is 0 Å². The van der Waals surface area contributed by atoms with E-state index in [1.54, 1.807) is 0 Å². The predicted octanol–water partition coefficient (Wildman–Crippen LogP) is 4.72. The summed E-state index contributed by atoms with van der Waals surface area (Å²) in [6.07, 6.45) is 2.81. The van der Waals surface area contributed by atoms with Gasteiger partial charge in [-0.15, -0.1) is 0 Å². The first-order valence-electron chi connectivity index (χ1n) is 8.85. The van der Waals surface area contributed by atoms with Gasteiger partial charge >= 0.3 is 0 Å². The van der Waals surface area contributed by atoms with Crippen molar-refractivity contribution in [1.82, 2.24) is 20.3 Å². The summed E-state index contributed by atoms with van der Waals surface area (Å²) in [6, 6.07) is 8.20. The van der Waals surface area contributed by atoms with E-state index in [0.717, 1.165) is 29.3 Å². The highest BCUT2D eigenvalue weighted by Crippen LogP contribution is 2.23. The molecule has 5 nitrogen and oxygen atoms in total. The van der Waals surface area contributed by atoms with Gasteiger partial charge in [-0.05, 0) is 59.2 Å². The van der Waals surface area contributed by atoms with E-state index in [0.29, 0.717) is 5.02 Å². The van der Waals surface area contributed by atoms with Crippen LogP contribution in [0.5, 0.6) is 0 Å². The van der Waals surface area contributed by atoms with Gasteiger partial charge in [-0.1, -0.05) is 22.8 Å². The standard InChI is InChI=1S/C20H25ClN4O/c1-12(9-19-14(3)24-26-16(19)5)23-13(2)20-11-22-25(15(20)4)18-8-6-7-17(21)10-18/h6-8,10-13,23H,9H2,1-5H3. The quantitative estimate of drug-likeness (QED) is 0.680. The highest BCUT2D eigenvalue weighted by atomic mass is 35.5. The fraction of sp³-hybridized carbons (Fsp3) is 0.400. The van der Waals surface area contributed by atoms with Crippen LogP contribution in [0.1, 0.15) is 48.2 Å². The number of benzene rings is 1. The molecule has 0 aliphatic heterocycles. The van der Waals surface area contributed by atoms with Crippen LogP contribution in [0.3, 0.4) is 0 Å². The lowest BCUT2D eigenvalue weighted by atomic mass is 10.0. The van der Waals surface area contributed by atoms with E-state index < -0.39 is 0 Å². The second-order valence-corrected chi connectivity index (χ2v) is 7.31. The normalized spacial score (nSPS) is 13.8. The number of halogens is 1. The van der Waals surface area contributed by atoms with Crippen LogP contribution in [-0.4, -0.2) is 21.0 Å². The number of aryl methyl sites for hydroxylation is 2. The Balaban J connectivity index is 1.73. The summed E-state index contributed by atoms with van der Waals surface area (Å²) in [5.74, 6) is 0.897. The van der Waals surface area contributed by atoms with E-state index in [1.807, 2.05) is 49.0 Å². The maximum Gasteiger partial charge on any atom is 0.137 e. The highest BCUT2D eigenvalue weighted by Gasteiger charge is 2.18. The van der Waals surface area contributed by atoms with Gasteiger partial charge in [0.1, 0.15) is 5.76 Å². The van der Waals surface area contributed by atoms with Crippen molar-refractivity contribution in [3.05, 3.63) is 63.8 Å². The minimum absolute atomic E-state index is 0.179. The molecule has 1 aromatic carbocycles. The van der Waals surface area contributed by atoms with Crippen molar-refractivity contribution < 1.29 is 4.52 Å². The molecule has 3 aromatic rings. The average molecular weight is 373 g/mol. The molecule has 0 spiro atoms. The average Bonchev–Trinajstić information content (AvgIpc) is 3.12. The maximum absolute atomic E-state index is 6.11. The Bertz CT molecular complexity index is 880. The molecule has 26 heavy (non-hydrogen) atoms. The third-order valence-corrected chi connectivity index (χ3v) is 5.03. The predicted molar refractivity (Wildman–Crippen MR) is 104 cm³/mol. The van der Waals surface area contributed by atoms with Gasteiger partial charge in [0.05, 0.1) is 17.6 Å². The van der Waals surface area contributed by atoms with Crippen LogP contribution in [0.25, 0.3) is 5.69 Å². The third-order valence-electron chi connectivity index (χ3n) is 4.79. The van der Waals surface area contributed by atoms with Gasteiger partial charge in [0.15, 0.2) is 0 Å². The van der Waals surface area contributed by atoms with Crippen LogP contribution in [-0.2, 0) is 6.42 Å². The summed E-state index contributed by atoms with van der Waals surface area (Å²) in [7, 11) is 0. The zero-order chi connectivity index (χ0) is 18.8. The van der Waals surface area contributed by atoms with Crippen molar-refractivity contribution in [1.29, 1.82) is 0 Å². The Morgan fingerprint density at radius 2 is 2.00 bits per heavy atom. The van der Waals surface area contributed by atoms with Crippen molar-refractivity contribution in [3.8, 4) is 5.69 Å². The molecule has 0 radical (unpaired) electrons. The Morgan fingerprint density at radius 3 is 2.65 bits per heavy atom. The molecule has 2 unspecified atom stereocenters. The Morgan fingerprint density at radius 1 is 1.23 bits per heavy atom. The van der Waals surface area contributed by atoms with Crippen molar-refractivity contribution in [2.24, 2.45) is 0 Å². The summed E-state index contributed by atoms with van der Waals surface area (Å²) in [5.41, 5.74) is 5.40. The van der Waals surface area contributed by atoms with Gasteiger partial charge in [-0.3, -0.25) is 0 Å². The van der Waals surface area contributed by atoms with Crippen molar-refractivity contribution in [2.45, 2.75) is 53.1 Å². The molecule has 138 valence electrons. The van der Waals surface area contributed by atoms with Gasteiger partial charge in [-0.25, -0.2) is 4.68 Å². The number of aromatic nitrogens is 3. The van der Waals surface area contributed by atoms with E-state index in [2.05, 4.69) is 36.3 Å². The Hall–Kier alpha value is -2.11. The van der Waals surface area contributed by atoms with Crippen LogP contribution >= 0.6 is 11.6 Å². The lowest BCUT2D eigenvalue weighted by molar-refractivity contribution is 0.391. The minimum atomic E-state index is 0.179. The molecule has 3 rings (SSSR count). The second-order valence-electron chi connectivity index (χ2n) is 6.87. The third kappa shape index (κ3) is 3.84. The highest BCUT2D eigenvalue weighted by molar-refractivity contribution is 6.30. The molecule has 0 aliphatic carbocycles. The molecule has 0 aliphatic rings. The van der Waals surface area contributed by atoms with E-state index in [9.17, 15) is 0 Å². The summed E-state index contributed by atoms with van der Waals surface area (Å²) in [5, 5.41) is 13.0. The largest absolute Gasteiger partial charge is 0.361 e. The van der Waals surface area contributed by atoms with Crippen LogP contribution in [0, 0.1) is 20.8 Å². The van der Waals surface area contributed by atoms with Crippen LogP contribution < -0.4 is 5.32 Å². The molecule has 1 N–H and O–H groups in total. The monoisotopic (exact) mass is 372 g/mol. The van der Waals surface area contributed by atoms with Crippen LogP contribution in [0.15, 0.2) is 35.0 Å². The fourth-order valence-corrected chi connectivity index (χ4v) is 3.58. The first-order valence-corrected chi connectivity index (χ1v) is 9.23. The zero-order valence-corrected chi connectivity index (χ0v) is 16.6. The first kappa shape index (κ1) is 18.7. The molecule has 6 heteroatoms. The van der Waals surface area contributed by atoms with Gasteiger partial charge < -0.3 is 9.84 Å². The lowest BCUT2D eigenvalue weighted by Crippen LogP contribution is -2.31. The molecule has 0 saturated heterocycles. The number of nitrogens with zero attached hydrogens (tertiary/aromatic N) is 3. The van der Waals surface area contributed by atoms with E-state index in [4.69, 9.17) is 16.1 Å². The number of nitrogens with one attached hydrogen (secondary N) is 1. The molecule has 0 amide bonds. The topological polar surface area (TPSA) is 55.9 Å². The minimum Gasteiger partial charge on any atom is -0.361 e. The van der Waals surface area contributed by atoms with Gasteiger partial charge in [0.25, 0.3) is 0 Å². The maximum atomic E-state index is 6.11. The fourth-order valence-electron chi connectivity index (χ4n) is 3.39. The molecule has 2 aromatic heterocycles. The van der Waals surface area contributed by atoms with E-state index in [1.165, 1.54) is 11.1 Å². The van der Waals surface area contributed by atoms with E-state index in [-0.39, 0.29) is 12.1 Å². The SMILES string of the molecule is Cc1noc(C)c1CC(C)NC(C)c1cnn(-c2cccc(Cl)c2)c1C. The Kier molecular flexibility index (Phi) is 5.49. The summed E-state index contributed by atoms with van der Waals surface area (Å²) < 4.78 is 7.19. The number of hydrogen-bond acceptors (Lipinski definition) is 4. The van der Waals surface area contributed by atoms with Gasteiger partial charge in [-0.2, -0.15) is 5.10 Å². The summed E-state index contributed by atoms with van der Waals surface area (Å²) in [6.45, 7) is 10.4. The van der Waals surface area contributed by atoms with Gasteiger partial charge in [0.2, 0.25) is 0 Å². The number of rotatable bonds is 6. The van der Waals surface area contributed by atoms with Crippen LogP contribution in [0.4, 0.5) is 0 Å². The number of hydrogen-bond donors (Lipinski definition) is 1. The molecule has 0 fully saturated rings. The molecule has 0 saturated carbocycles. The van der Waals surface area contributed by atoms with Crippen molar-refractivity contribution >= 4 is 11.6 Å². The molecular weight excluding hydrogens is 348 g/mol. The van der Waals surface area contributed by atoms with Crippen LogP contribution in [0.2, 0.25) is 5.02 Å². The second kappa shape index (κ2) is 7.64. The molecule has 2 heterocycles. The van der Waals surface area contributed by atoms with Crippen molar-refractivity contribution in [3.63, 3.8) is 0 Å². The van der Waals surface area contributed by atoms with Gasteiger partial charge in [0, 0.05) is 33.9 Å². The molecule has 2 atom stereocenters. The van der Waals surface area contributed by atoms with Crippen molar-refractivity contribution in [2.75, 3.05) is 0 Å². The summed E-state index contributed by atoms with van der Waals surface area (Å²) in [4.78, 5) is 0. The smallest absolute Gasteiger partial charge is 0.137 e. The molecular formula is C20H25ClN4O.